The zero-order valence-electron chi connectivity index (χ0n) is 15.6. The molecule has 0 atom stereocenters. The molecule has 0 bridgehead atoms. The Morgan fingerprint density at radius 2 is 1.40 bits per heavy atom. The molecule has 0 fully saturated rings. The lowest BCUT2D eigenvalue weighted by Gasteiger charge is -2.29. The normalized spacial score (nSPS) is 11.9. The molecule has 0 N–H and O–H groups in total. The molecule has 2 aromatic rings. The number of methoxy groups -OCH3 is 1. The molecular formula is C20H22BNO3. The van der Waals surface area contributed by atoms with Gasteiger partial charge in [0.05, 0.1) is 18.2 Å². The van der Waals surface area contributed by atoms with Gasteiger partial charge in [0.25, 0.3) is 0 Å². The smallest absolute Gasteiger partial charge is 0.226 e. The van der Waals surface area contributed by atoms with Crippen LogP contribution in [0.4, 0.5) is 5.69 Å². The highest BCUT2D eigenvalue weighted by molar-refractivity contribution is 6.33. The minimum absolute atomic E-state index is 0.205. The lowest BCUT2D eigenvalue weighted by Crippen LogP contribution is -2.27. The predicted molar refractivity (Wildman–Crippen MR) is 101 cm³/mol. The fourth-order valence-corrected chi connectivity index (χ4v) is 3.24. The topological polar surface area (TPSA) is 46.6 Å². The van der Waals surface area contributed by atoms with Crippen LogP contribution in [0.2, 0.25) is 0 Å². The van der Waals surface area contributed by atoms with Crippen LogP contribution in [0.3, 0.4) is 0 Å². The molecule has 0 saturated heterocycles. The zero-order chi connectivity index (χ0) is 18.9. The Hall–Kier alpha value is -2.56. The molecule has 5 heteroatoms. The van der Waals surface area contributed by atoms with Gasteiger partial charge in [-0.05, 0) is 32.0 Å². The third-order valence-corrected chi connectivity index (χ3v) is 4.40. The van der Waals surface area contributed by atoms with Crippen LogP contribution >= 0.6 is 0 Å². The molecule has 4 nitrogen and oxygen atoms in total. The highest BCUT2D eigenvalue weighted by Crippen LogP contribution is 2.42. The van der Waals surface area contributed by atoms with Crippen LogP contribution in [0.15, 0.2) is 24.3 Å². The summed E-state index contributed by atoms with van der Waals surface area (Å²) in [5.41, 5.74) is 3.61. The highest BCUT2D eigenvalue weighted by atomic mass is 16.5. The number of carbonyl (C=O) groups is 2. The van der Waals surface area contributed by atoms with Gasteiger partial charge in [-0.1, -0.05) is 38.1 Å². The summed E-state index contributed by atoms with van der Waals surface area (Å²) in [4.78, 5) is 27.4. The van der Waals surface area contributed by atoms with Crippen LogP contribution in [0, 0.1) is 13.8 Å². The van der Waals surface area contributed by atoms with E-state index in [1.165, 1.54) is 11.9 Å². The van der Waals surface area contributed by atoms with Crippen molar-refractivity contribution in [2.75, 3.05) is 19.0 Å². The van der Waals surface area contributed by atoms with Gasteiger partial charge in [0.2, 0.25) is 7.98 Å². The minimum Gasteiger partial charge on any atom is -0.496 e. The van der Waals surface area contributed by atoms with Crippen molar-refractivity contribution in [2.24, 2.45) is 0 Å². The first kappa shape index (κ1) is 18.8. The van der Waals surface area contributed by atoms with Gasteiger partial charge in [-0.3, -0.25) is 9.59 Å². The van der Waals surface area contributed by atoms with Gasteiger partial charge in [-0.25, -0.2) is 0 Å². The SMILES string of the molecule is CC.[B]N(C)c1c(C)c(C)c(OC)c2c1C(=O)c1ccccc1C2=O. The maximum absolute atomic E-state index is 13.0. The quantitative estimate of drug-likeness (QED) is 0.671. The number of rotatable bonds is 2. The Kier molecular flexibility index (Phi) is 5.36. The maximum atomic E-state index is 13.0. The molecule has 25 heavy (non-hydrogen) atoms. The van der Waals surface area contributed by atoms with Crippen LogP contribution in [0.1, 0.15) is 56.8 Å². The molecule has 0 amide bonds. The molecular weight excluding hydrogens is 313 g/mol. The summed E-state index contributed by atoms with van der Waals surface area (Å²) < 4.78 is 5.46. The average molecular weight is 335 g/mol. The van der Waals surface area contributed by atoms with Crippen molar-refractivity contribution in [3.8, 4) is 5.75 Å². The molecule has 128 valence electrons. The first-order valence-corrected chi connectivity index (χ1v) is 8.28. The molecule has 0 spiro atoms. The van der Waals surface area contributed by atoms with Gasteiger partial charge in [0, 0.05) is 16.8 Å². The van der Waals surface area contributed by atoms with Gasteiger partial charge in [-0.2, -0.15) is 0 Å². The van der Waals surface area contributed by atoms with Crippen molar-refractivity contribution in [3.63, 3.8) is 0 Å². The molecule has 0 unspecified atom stereocenters. The lowest BCUT2D eigenvalue weighted by atomic mass is 9.79. The monoisotopic (exact) mass is 335 g/mol. The fraction of sp³-hybridized carbons (Fsp3) is 0.300. The second-order valence-corrected chi connectivity index (χ2v) is 5.70. The molecule has 3 rings (SSSR count). The second-order valence-electron chi connectivity index (χ2n) is 5.70. The van der Waals surface area contributed by atoms with E-state index in [0.717, 1.165) is 11.1 Å². The van der Waals surface area contributed by atoms with Crippen molar-refractivity contribution in [3.05, 3.63) is 57.6 Å². The van der Waals surface area contributed by atoms with Gasteiger partial charge in [0.15, 0.2) is 11.6 Å². The van der Waals surface area contributed by atoms with Gasteiger partial charge in [-0.15, -0.1) is 0 Å². The van der Waals surface area contributed by atoms with Crippen LogP contribution < -0.4 is 9.55 Å². The third kappa shape index (κ3) is 2.74. The van der Waals surface area contributed by atoms with Crippen LogP contribution in [-0.2, 0) is 0 Å². The lowest BCUT2D eigenvalue weighted by molar-refractivity contribution is 0.0977. The van der Waals surface area contributed by atoms with Gasteiger partial charge < -0.3 is 9.55 Å². The zero-order valence-corrected chi connectivity index (χ0v) is 15.6. The number of benzene rings is 2. The number of hydrogen-bond acceptors (Lipinski definition) is 4. The standard InChI is InChI=1S/C18H16BNO3.C2H6/c1-9-10(2)18(23-4)14-13(15(9)20(3)19)16(21)11-7-5-6-8-12(11)17(14)22;1-2/h5-8H,1-4H3;1-2H3. The van der Waals surface area contributed by atoms with E-state index in [0.29, 0.717) is 33.7 Å². The number of anilines is 1. The summed E-state index contributed by atoms with van der Waals surface area (Å²) in [7, 11) is 9.12. The number of nitrogens with zero attached hydrogens (tertiary/aromatic N) is 1. The number of carbonyl (C=O) groups excluding carboxylic acids is 2. The first-order valence-electron chi connectivity index (χ1n) is 8.28. The van der Waals surface area contributed by atoms with Crippen molar-refractivity contribution < 1.29 is 14.3 Å². The molecule has 1 aliphatic carbocycles. The fourth-order valence-electron chi connectivity index (χ4n) is 3.24. The number of ketones is 2. The maximum Gasteiger partial charge on any atom is 0.226 e. The number of fused-ring (bicyclic) bond motifs is 2. The predicted octanol–water partition coefficient (Wildman–Crippen LogP) is 3.63. The van der Waals surface area contributed by atoms with Gasteiger partial charge in [0.1, 0.15) is 5.75 Å². The van der Waals surface area contributed by atoms with E-state index in [-0.39, 0.29) is 11.6 Å². The largest absolute Gasteiger partial charge is 0.496 e. The Labute approximate surface area is 150 Å². The van der Waals surface area contributed by atoms with Crippen molar-refractivity contribution >= 4 is 25.2 Å². The van der Waals surface area contributed by atoms with Crippen LogP contribution in [0.25, 0.3) is 0 Å². The van der Waals surface area contributed by atoms with E-state index in [9.17, 15) is 9.59 Å². The molecule has 2 aromatic carbocycles. The minimum atomic E-state index is -0.210. The number of hydrogen-bond donors (Lipinski definition) is 0. The summed E-state index contributed by atoms with van der Waals surface area (Å²) in [6.07, 6.45) is 0. The Morgan fingerprint density at radius 3 is 1.84 bits per heavy atom. The third-order valence-electron chi connectivity index (χ3n) is 4.40. The summed E-state index contributed by atoms with van der Waals surface area (Å²) in [5, 5.41) is 0. The molecule has 0 saturated carbocycles. The molecule has 0 heterocycles. The van der Waals surface area contributed by atoms with E-state index in [1.54, 1.807) is 31.3 Å². The molecule has 2 radical (unpaired) electrons. The average Bonchev–Trinajstić information content (AvgIpc) is 2.62. The van der Waals surface area contributed by atoms with Crippen molar-refractivity contribution in [1.29, 1.82) is 0 Å². The Balaban J connectivity index is 0.00000109. The van der Waals surface area contributed by atoms with Gasteiger partial charge >= 0.3 is 0 Å². The molecule has 0 aromatic heterocycles. The van der Waals surface area contributed by atoms with Crippen molar-refractivity contribution in [2.45, 2.75) is 27.7 Å². The van der Waals surface area contributed by atoms with Crippen molar-refractivity contribution in [1.82, 2.24) is 0 Å². The first-order chi connectivity index (χ1) is 11.9. The Morgan fingerprint density at radius 1 is 0.920 bits per heavy atom. The second kappa shape index (κ2) is 7.13. The van der Waals surface area contributed by atoms with E-state index >= 15 is 0 Å². The Bertz CT molecular complexity index is 857. The highest BCUT2D eigenvalue weighted by Gasteiger charge is 2.36. The van der Waals surface area contributed by atoms with E-state index in [1.807, 2.05) is 27.7 Å². The molecule has 1 aliphatic rings. The van der Waals surface area contributed by atoms with Crippen LogP contribution in [-0.4, -0.2) is 33.7 Å². The summed E-state index contributed by atoms with van der Waals surface area (Å²) in [5.74, 6) is 0.0260. The summed E-state index contributed by atoms with van der Waals surface area (Å²) >= 11 is 0. The van der Waals surface area contributed by atoms with E-state index in [4.69, 9.17) is 12.7 Å². The van der Waals surface area contributed by atoms with E-state index in [2.05, 4.69) is 0 Å². The molecule has 0 aliphatic heterocycles. The van der Waals surface area contributed by atoms with E-state index < -0.39 is 0 Å². The number of ether oxygens (including phenoxy) is 1. The summed E-state index contributed by atoms with van der Waals surface area (Å²) in [6.45, 7) is 7.73. The summed E-state index contributed by atoms with van der Waals surface area (Å²) in [6, 6.07) is 6.83. The van der Waals surface area contributed by atoms with Crippen LogP contribution in [0.5, 0.6) is 5.75 Å².